The Morgan fingerprint density at radius 1 is 1.25 bits per heavy atom. The molecular formula is C13H10ClFN2O3. The molecule has 1 heterocycles. The van der Waals surface area contributed by atoms with Crippen LogP contribution in [0.4, 0.5) is 14.9 Å². The van der Waals surface area contributed by atoms with Crippen molar-refractivity contribution in [1.82, 2.24) is 5.32 Å². The van der Waals surface area contributed by atoms with E-state index in [0.717, 1.165) is 23.5 Å². The van der Waals surface area contributed by atoms with Crippen LogP contribution in [-0.4, -0.2) is 17.8 Å². The number of halogens is 2. The second-order valence-electron chi connectivity index (χ2n) is 4.93. The Balaban J connectivity index is 2.05. The quantitative estimate of drug-likeness (QED) is 0.808. The van der Waals surface area contributed by atoms with Crippen LogP contribution in [0.2, 0.25) is 5.02 Å². The summed E-state index contributed by atoms with van der Waals surface area (Å²) in [6, 6.07) is 2.51. The Morgan fingerprint density at radius 3 is 2.50 bits per heavy atom. The van der Waals surface area contributed by atoms with E-state index in [4.69, 9.17) is 11.6 Å². The van der Waals surface area contributed by atoms with Crippen molar-refractivity contribution in [3.8, 4) is 0 Å². The molecule has 20 heavy (non-hydrogen) atoms. The number of barbiturate groups is 1. The van der Waals surface area contributed by atoms with Crippen LogP contribution in [0, 0.1) is 11.2 Å². The number of nitrogens with zero attached hydrogens (tertiary/aromatic N) is 1. The van der Waals surface area contributed by atoms with E-state index in [-0.39, 0.29) is 10.7 Å². The highest BCUT2D eigenvalue weighted by Gasteiger charge is 2.57. The molecule has 0 atom stereocenters. The molecule has 1 saturated heterocycles. The van der Waals surface area contributed by atoms with Gasteiger partial charge in [0.05, 0.1) is 10.7 Å². The molecule has 0 aromatic heterocycles. The highest BCUT2D eigenvalue weighted by Crippen LogP contribution is 2.46. The Hall–Kier alpha value is -1.95. The molecule has 4 amide bonds. The predicted molar refractivity (Wildman–Crippen MR) is 68.7 cm³/mol. The van der Waals surface area contributed by atoms with Gasteiger partial charge in [-0.15, -0.1) is 0 Å². The Bertz CT molecular complexity index is 643. The molecule has 1 aliphatic heterocycles. The van der Waals surface area contributed by atoms with Gasteiger partial charge in [0, 0.05) is 0 Å². The van der Waals surface area contributed by atoms with E-state index in [9.17, 15) is 18.8 Å². The van der Waals surface area contributed by atoms with Gasteiger partial charge in [0.1, 0.15) is 11.2 Å². The molecule has 5 nitrogen and oxygen atoms in total. The molecule has 2 fully saturated rings. The zero-order valence-corrected chi connectivity index (χ0v) is 11.0. The molecule has 104 valence electrons. The maximum Gasteiger partial charge on any atom is 0.335 e. The lowest BCUT2D eigenvalue weighted by Gasteiger charge is -2.44. The molecular weight excluding hydrogens is 287 g/mol. The number of hydrogen-bond acceptors (Lipinski definition) is 3. The van der Waals surface area contributed by atoms with E-state index in [1.807, 2.05) is 0 Å². The number of nitrogens with one attached hydrogen (secondary N) is 1. The standard InChI is InChI=1S/C13H10ClFN2O3/c14-8-6-7(15)2-3-9(8)17-11(19)13(4-1-5-13)10(18)16-12(17)20/h2-3,6H,1,4-5H2,(H,16,18,20). The van der Waals surface area contributed by atoms with Crippen LogP contribution in [0.5, 0.6) is 0 Å². The summed E-state index contributed by atoms with van der Waals surface area (Å²) >= 11 is 5.89. The summed E-state index contributed by atoms with van der Waals surface area (Å²) in [6.45, 7) is 0. The van der Waals surface area contributed by atoms with Crippen LogP contribution in [0.25, 0.3) is 0 Å². The topological polar surface area (TPSA) is 66.5 Å². The van der Waals surface area contributed by atoms with Gasteiger partial charge >= 0.3 is 6.03 Å². The van der Waals surface area contributed by atoms with Gasteiger partial charge in [0.2, 0.25) is 5.91 Å². The van der Waals surface area contributed by atoms with Crippen molar-refractivity contribution < 1.29 is 18.8 Å². The molecule has 7 heteroatoms. The maximum atomic E-state index is 13.1. The fourth-order valence-corrected chi connectivity index (χ4v) is 2.78. The lowest BCUT2D eigenvalue weighted by Crippen LogP contribution is -2.66. The van der Waals surface area contributed by atoms with Gasteiger partial charge in [-0.05, 0) is 31.0 Å². The molecule has 1 spiro atoms. The van der Waals surface area contributed by atoms with Crippen LogP contribution in [-0.2, 0) is 9.59 Å². The maximum absolute atomic E-state index is 13.1. The highest BCUT2D eigenvalue weighted by atomic mass is 35.5. The van der Waals surface area contributed by atoms with Gasteiger partial charge in [0.15, 0.2) is 0 Å². The van der Waals surface area contributed by atoms with Crippen molar-refractivity contribution in [2.45, 2.75) is 19.3 Å². The van der Waals surface area contributed by atoms with Crippen molar-refractivity contribution in [1.29, 1.82) is 0 Å². The minimum Gasteiger partial charge on any atom is -0.276 e. The van der Waals surface area contributed by atoms with Gasteiger partial charge in [-0.25, -0.2) is 14.1 Å². The van der Waals surface area contributed by atoms with Crippen molar-refractivity contribution in [2.24, 2.45) is 5.41 Å². The van der Waals surface area contributed by atoms with Gasteiger partial charge in [-0.3, -0.25) is 14.9 Å². The van der Waals surface area contributed by atoms with Crippen molar-refractivity contribution in [3.05, 3.63) is 29.0 Å². The molecule has 0 radical (unpaired) electrons. The molecule has 1 aromatic rings. The van der Waals surface area contributed by atoms with Crippen LogP contribution in [0.3, 0.4) is 0 Å². The summed E-state index contributed by atoms with van der Waals surface area (Å²) in [7, 11) is 0. The first-order valence-electron chi connectivity index (χ1n) is 6.11. The fraction of sp³-hybridized carbons (Fsp3) is 0.308. The van der Waals surface area contributed by atoms with Crippen molar-refractivity contribution in [2.75, 3.05) is 4.90 Å². The van der Waals surface area contributed by atoms with Crippen LogP contribution in [0.1, 0.15) is 19.3 Å². The number of amides is 4. The highest BCUT2D eigenvalue weighted by molar-refractivity contribution is 6.37. The Labute approximate surface area is 118 Å². The van der Waals surface area contributed by atoms with E-state index >= 15 is 0 Å². The Morgan fingerprint density at radius 2 is 1.95 bits per heavy atom. The number of carbonyl (C=O) groups is 3. The second-order valence-corrected chi connectivity index (χ2v) is 5.34. The van der Waals surface area contributed by atoms with Gasteiger partial charge in [-0.2, -0.15) is 0 Å². The average Bonchev–Trinajstić information content (AvgIpc) is 2.29. The van der Waals surface area contributed by atoms with Crippen LogP contribution in [0.15, 0.2) is 18.2 Å². The number of carbonyl (C=O) groups excluding carboxylic acids is 3. The number of rotatable bonds is 1. The van der Waals surface area contributed by atoms with E-state index in [0.29, 0.717) is 12.8 Å². The molecule has 0 unspecified atom stereocenters. The Kier molecular flexibility index (Phi) is 2.79. The van der Waals surface area contributed by atoms with Gasteiger partial charge in [-0.1, -0.05) is 18.0 Å². The van der Waals surface area contributed by atoms with Crippen molar-refractivity contribution >= 4 is 35.1 Å². The molecule has 2 aliphatic rings. The minimum absolute atomic E-state index is 0.0580. The molecule has 1 N–H and O–H groups in total. The number of hydrogen-bond donors (Lipinski definition) is 1. The number of imide groups is 2. The van der Waals surface area contributed by atoms with Gasteiger partial charge < -0.3 is 0 Å². The second kappa shape index (κ2) is 4.28. The third kappa shape index (κ3) is 1.64. The SMILES string of the molecule is O=C1NC(=O)C2(CCC2)C(=O)N1c1ccc(F)cc1Cl. The van der Waals surface area contributed by atoms with E-state index in [2.05, 4.69) is 5.32 Å². The van der Waals surface area contributed by atoms with Crippen LogP contribution >= 0.6 is 11.6 Å². The lowest BCUT2D eigenvalue weighted by molar-refractivity contribution is -0.148. The monoisotopic (exact) mass is 296 g/mol. The first-order chi connectivity index (χ1) is 9.45. The first-order valence-corrected chi connectivity index (χ1v) is 6.48. The molecule has 1 aliphatic carbocycles. The molecule has 1 aromatic carbocycles. The average molecular weight is 297 g/mol. The van der Waals surface area contributed by atoms with E-state index in [1.165, 1.54) is 6.07 Å². The summed E-state index contributed by atoms with van der Waals surface area (Å²) in [5.41, 5.74) is -1.10. The third-order valence-corrected chi connectivity index (χ3v) is 4.13. The fourth-order valence-electron chi connectivity index (χ4n) is 2.53. The summed E-state index contributed by atoms with van der Waals surface area (Å²) in [5, 5.41) is 2.11. The first kappa shape index (κ1) is 13.1. The zero-order valence-electron chi connectivity index (χ0n) is 10.3. The predicted octanol–water partition coefficient (Wildman–Crippen LogP) is 2.23. The number of benzene rings is 1. The number of urea groups is 1. The lowest BCUT2D eigenvalue weighted by atomic mass is 9.66. The summed E-state index contributed by atoms with van der Waals surface area (Å²) in [4.78, 5) is 37.1. The van der Waals surface area contributed by atoms with Gasteiger partial charge in [0.25, 0.3) is 5.91 Å². The number of anilines is 1. The minimum atomic E-state index is -1.17. The zero-order chi connectivity index (χ0) is 14.5. The van der Waals surface area contributed by atoms with Crippen LogP contribution < -0.4 is 10.2 Å². The summed E-state index contributed by atoms with van der Waals surface area (Å²) in [6.07, 6.45) is 1.55. The largest absolute Gasteiger partial charge is 0.335 e. The summed E-state index contributed by atoms with van der Waals surface area (Å²) in [5.74, 6) is -1.72. The summed E-state index contributed by atoms with van der Waals surface area (Å²) < 4.78 is 13.1. The smallest absolute Gasteiger partial charge is 0.276 e. The molecule has 1 saturated carbocycles. The third-order valence-electron chi connectivity index (χ3n) is 3.83. The van der Waals surface area contributed by atoms with E-state index in [1.54, 1.807) is 0 Å². The normalized spacial score (nSPS) is 20.9. The van der Waals surface area contributed by atoms with Crippen molar-refractivity contribution in [3.63, 3.8) is 0 Å². The molecule has 0 bridgehead atoms. The van der Waals surface area contributed by atoms with E-state index < -0.39 is 29.1 Å². The molecule has 3 rings (SSSR count).